The second kappa shape index (κ2) is 10.8. The topological polar surface area (TPSA) is 90.4 Å². The van der Waals surface area contributed by atoms with Crippen LogP contribution in [0.15, 0.2) is 24.5 Å². The molecule has 0 bridgehead atoms. The predicted octanol–water partition coefficient (Wildman–Crippen LogP) is 4.03. The summed E-state index contributed by atoms with van der Waals surface area (Å²) in [5.74, 6) is 1.22. The Kier molecular flexibility index (Phi) is 7.26. The Hall–Kier alpha value is -2.73. The Morgan fingerprint density at radius 2 is 1.97 bits per heavy atom. The summed E-state index contributed by atoms with van der Waals surface area (Å²) in [4.78, 5) is 31.8. The molecule has 1 aliphatic carbocycles. The Morgan fingerprint density at radius 1 is 1.13 bits per heavy atom. The molecule has 0 radical (unpaired) electrons. The average molecular weight is 551 g/mol. The Labute approximate surface area is 231 Å². The van der Waals surface area contributed by atoms with Gasteiger partial charge in [-0.05, 0) is 88.5 Å². The molecule has 4 aromatic rings. The van der Waals surface area contributed by atoms with Crippen LogP contribution in [0.25, 0.3) is 20.4 Å². The number of fused-ring (bicyclic) bond motifs is 4. The molecule has 3 aromatic heterocycles. The Morgan fingerprint density at radius 3 is 2.79 bits per heavy atom. The van der Waals surface area contributed by atoms with Crippen molar-refractivity contribution in [3.8, 4) is 0 Å². The van der Waals surface area contributed by atoms with Gasteiger partial charge < -0.3 is 20.0 Å². The smallest absolute Gasteiger partial charge is 0.226 e. The minimum absolute atomic E-state index is 0.0594. The zero-order valence-corrected chi connectivity index (χ0v) is 23.8. The quantitative estimate of drug-likeness (QED) is 0.369. The molecule has 200 valence electrons. The van der Waals surface area contributed by atoms with Gasteiger partial charge in [-0.15, -0.1) is 16.4 Å². The number of aromatic nitrogens is 4. The van der Waals surface area contributed by atoms with Gasteiger partial charge in [0.05, 0.1) is 10.1 Å². The number of nitrogens with one attached hydrogen (secondary N) is 1. The number of anilines is 2. The van der Waals surface area contributed by atoms with Crippen molar-refractivity contribution in [2.24, 2.45) is 5.92 Å². The van der Waals surface area contributed by atoms with Crippen molar-refractivity contribution in [2.45, 2.75) is 38.1 Å². The molecule has 1 N–H and O–H groups in total. The lowest BCUT2D eigenvalue weighted by Gasteiger charge is -2.38. The summed E-state index contributed by atoms with van der Waals surface area (Å²) in [6.07, 6.45) is 6.31. The third kappa shape index (κ3) is 5.12. The lowest BCUT2D eigenvalue weighted by molar-refractivity contribution is -0.137. The molecule has 1 aliphatic heterocycles. The fourth-order valence-corrected chi connectivity index (χ4v) is 7.60. The average Bonchev–Trinajstić information content (AvgIpc) is 3.55. The van der Waals surface area contributed by atoms with Crippen molar-refractivity contribution >= 4 is 60.7 Å². The van der Waals surface area contributed by atoms with Crippen LogP contribution in [-0.2, 0) is 17.6 Å². The van der Waals surface area contributed by atoms with Crippen molar-refractivity contribution in [3.63, 3.8) is 0 Å². The first-order valence-corrected chi connectivity index (χ1v) is 14.9. The van der Waals surface area contributed by atoms with Gasteiger partial charge in [0.25, 0.3) is 0 Å². The summed E-state index contributed by atoms with van der Waals surface area (Å²) in [7, 11) is 6.45. The largest absolute Gasteiger partial charge is 0.342 e. The van der Waals surface area contributed by atoms with Gasteiger partial charge in [0.15, 0.2) is 0 Å². The molecule has 1 fully saturated rings. The van der Waals surface area contributed by atoms with E-state index in [1.165, 1.54) is 22.0 Å². The van der Waals surface area contributed by atoms with Crippen LogP contribution in [0.2, 0.25) is 0 Å². The van der Waals surface area contributed by atoms with Crippen LogP contribution in [0.3, 0.4) is 0 Å². The van der Waals surface area contributed by atoms with Crippen LogP contribution in [0.1, 0.15) is 29.7 Å². The zero-order chi connectivity index (χ0) is 26.2. The van der Waals surface area contributed by atoms with Crippen LogP contribution in [0, 0.1) is 5.92 Å². The maximum absolute atomic E-state index is 13.5. The number of piperidine rings is 1. The van der Waals surface area contributed by atoms with Crippen LogP contribution < -0.4 is 5.32 Å². The number of likely N-dealkylation sites (tertiary alicyclic amines) is 1. The second-order valence-electron chi connectivity index (χ2n) is 10.8. The van der Waals surface area contributed by atoms with Crippen molar-refractivity contribution < 1.29 is 4.79 Å². The molecule has 1 saturated heterocycles. The predicted molar refractivity (Wildman–Crippen MR) is 154 cm³/mol. The molecule has 4 heterocycles. The minimum atomic E-state index is 0.0594. The van der Waals surface area contributed by atoms with Gasteiger partial charge in [-0.3, -0.25) is 4.79 Å². The normalized spacial score (nSPS) is 18.6. The number of amides is 1. The molecule has 6 rings (SSSR count). The molecule has 2 aliphatic rings. The highest BCUT2D eigenvalue weighted by atomic mass is 32.1. The van der Waals surface area contributed by atoms with E-state index in [1.54, 1.807) is 17.7 Å². The number of likely N-dealkylation sites (N-methyl/N-ethyl adjacent to an activating group) is 2. The maximum Gasteiger partial charge on any atom is 0.226 e. The molecule has 1 atom stereocenters. The summed E-state index contributed by atoms with van der Waals surface area (Å²) < 4.78 is 5.07. The summed E-state index contributed by atoms with van der Waals surface area (Å²) in [6.45, 7) is 3.87. The van der Waals surface area contributed by atoms with Crippen LogP contribution in [-0.4, -0.2) is 93.5 Å². The molecule has 0 spiro atoms. The number of hydrogen-bond donors (Lipinski definition) is 1. The van der Waals surface area contributed by atoms with Crippen LogP contribution in [0.5, 0.6) is 0 Å². The highest BCUT2D eigenvalue weighted by Gasteiger charge is 2.33. The highest BCUT2D eigenvalue weighted by Crippen LogP contribution is 2.41. The van der Waals surface area contributed by atoms with E-state index in [-0.39, 0.29) is 5.92 Å². The molecule has 9 nitrogen and oxygen atoms in total. The first kappa shape index (κ1) is 25.5. The Bertz CT molecular complexity index is 1440. The summed E-state index contributed by atoms with van der Waals surface area (Å²) in [6, 6.07) is 6.61. The van der Waals surface area contributed by atoms with Crippen molar-refractivity contribution in [1.29, 1.82) is 0 Å². The number of rotatable bonds is 7. The fourth-order valence-electron chi connectivity index (χ4n) is 5.73. The molecule has 0 saturated carbocycles. The zero-order valence-electron chi connectivity index (χ0n) is 22.2. The van der Waals surface area contributed by atoms with Gasteiger partial charge in [0.1, 0.15) is 22.5 Å². The number of carbonyl (C=O) groups is 1. The molecule has 1 amide bonds. The SMILES string of the molecule is CN(C)CCN(C)C1CCN(C(=O)[C@H]2CCc3c(sc4ncnc(Nc5ccc6nnsc6c5)c34)C2)CC1. The number of nitrogens with zero attached hydrogens (tertiary/aromatic N) is 7. The number of hydrogen-bond acceptors (Lipinski definition) is 10. The first-order valence-electron chi connectivity index (χ1n) is 13.3. The van der Waals surface area contributed by atoms with Gasteiger partial charge in [-0.2, -0.15) is 0 Å². The molecule has 0 unspecified atom stereocenters. The van der Waals surface area contributed by atoms with Gasteiger partial charge in [-0.1, -0.05) is 4.49 Å². The van der Waals surface area contributed by atoms with Crippen molar-refractivity contribution in [3.05, 3.63) is 35.0 Å². The number of benzene rings is 1. The van der Waals surface area contributed by atoms with E-state index in [0.29, 0.717) is 11.9 Å². The first-order chi connectivity index (χ1) is 18.5. The third-order valence-corrected chi connectivity index (χ3v) is 9.85. The van der Waals surface area contributed by atoms with Gasteiger partial charge >= 0.3 is 0 Å². The van der Waals surface area contributed by atoms with Crippen molar-refractivity contribution in [2.75, 3.05) is 52.6 Å². The van der Waals surface area contributed by atoms with E-state index in [2.05, 4.69) is 66.8 Å². The molecular formula is C27H34N8OS2. The summed E-state index contributed by atoms with van der Waals surface area (Å²) in [5, 5.41) is 8.73. The second-order valence-corrected chi connectivity index (χ2v) is 12.6. The summed E-state index contributed by atoms with van der Waals surface area (Å²) >= 11 is 3.11. The van der Waals surface area contributed by atoms with Gasteiger partial charge in [0, 0.05) is 48.7 Å². The molecule has 11 heteroatoms. The molecule has 1 aromatic carbocycles. The van der Waals surface area contributed by atoms with E-state index in [4.69, 9.17) is 0 Å². The van der Waals surface area contributed by atoms with E-state index in [0.717, 1.165) is 90.2 Å². The minimum Gasteiger partial charge on any atom is -0.342 e. The van der Waals surface area contributed by atoms with E-state index in [9.17, 15) is 4.79 Å². The fraction of sp³-hybridized carbons (Fsp3) is 0.519. The van der Waals surface area contributed by atoms with Crippen molar-refractivity contribution in [1.82, 2.24) is 34.3 Å². The Balaban J connectivity index is 1.13. The van der Waals surface area contributed by atoms with Gasteiger partial charge in [0.2, 0.25) is 5.91 Å². The number of thiophene rings is 1. The van der Waals surface area contributed by atoms with E-state index < -0.39 is 0 Å². The number of carbonyl (C=O) groups excluding carboxylic acids is 1. The monoisotopic (exact) mass is 550 g/mol. The molecule has 38 heavy (non-hydrogen) atoms. The van der Waals surface area contributed by atoms with Crippen LogP contribution in [0.4, 0.5) is 11.5 Å². The lowest BCUT2D eigenvalue weighted by Crippen LogP contribution is -2.48. The van der Waals surface area contributed by atoms with E-state index in [1.807, 2.05) is 12.1 Å². The summed E-state index contributed by atoms with van der Waals surface area (Å²) in [5.41, 5.74) is 3.17. The number of aryl methyl sites for hydroxylation is 1. The highest BCUT2D eigenvalue weighted by molar-refractivity contribution is 7.19. The van der Waals surface area contributed by atoms with Crippen LogP contribution >= 0.6 is 22.9 Å². The third-order valence-electron chi connectivity index (χ3n) is 8.00. The van der Waals surface area contributed by atoms with Gasteiger partial charge in [-0.25, -0.2) is 9.97 Å². The standard InChI is InChI=1S/C27H34N8OS2/c1-33(2)12-13-34(3)19-8-10-35(11-9-19)27(36)17-4-6-20-22(14-17)37-26-24(20)25(28-16-29-26)30-18-5-7-21-23(15-18)38-32-31-21/h5,7,15-17,19H,4,6,8-14H2,1-3H3,(H,28,29,30)/t17-/m0/s1. The maximum atomic E-state index is 13.5. The van der Waals surface area contributed by atoms with E-state index >= 15 is 0 Å². The molecular weight excluding hydrogens is 516 g/mol. The lowest BCUT2D eigenvalue weighted by atomic mass is 9.86.